The van der Waals surface area contributed by atoms with Crippen molar-refractivity contribution < 1.29 is 18.0 Å². The van der Waals surface area contributed by atoms with Crippen molar-refractivity contribution in [2.24, 2.45) is 0 Å². The molecule has 0 aromatic heterocycles. The Labute approximate surface area is 183 Å². The summed E-state index contributed by atoms with van der Waals surface area (Å²) < 4.78 is 27.3. The molecule has 1 heterocycles. The van der Waals surface area contributed by atoms with Crippen molar-refractivity contribution >= 4 is 21.8 Å². The minimum Gasteiger partial charge on any atom is -0.352 e. The molecular formula is C23H29N3O4S. The van der Waals surface area contributed by atoms with E-state index >= 15 is 0 Å². The van der Waals surface area contributed by atoms with Crippen LogP contribution in [-0.4, -0.2) is 43.7 Å². The quantitative estimate of drug-likeness (QED) is 0.656. The minimum absolute atomic E-state index is 0.0187. The van der Waals surface area contributed by atoms with Gasteiger partial charge in [-0.1, -0.05) is 36.8 Å². The van der Waals surface area contributed by atoms with Crippen LogP contribution in [0.1, 0.15) is 48.5 Å². The van der Waals surface area contributed by atoms with Crippen molar-refractivity contribution in [3.8, 4) is 0 Å². The van der Waals surface area contributed by atoms with Gasteiger partial charge in [-0.25, -0.2) is 8.42 Å². The molecule has 1 unspecified atom stereocenters. The van der Waals surface area contributed by atoms with Gasteiger partial charge >= 0.3 is 0 Å². The summed E-state index contributed by atoms with van der Waals surface area (Å²) in [6.45, 7) is 3.09. The molecule has 2 N–H and O–H groups in total. The van der Waals surface area contributed by atoms with Gasteiger partial charge in [-0.15, -0.1) is 0 Å². The van der Waals surface area contributed by atoms with Crippen molar-refractivity contribution in [2.75, 3.05) is 13.1 Å². The number of carbonyl (C=O) groups excluding carboxylic acids is 2. The second kappa shape index (κ2) is 10.5. The van der Waals surface area contributed by atoms with Gasteiger partial charge in [-0.05, 0) is 49.6 Å². The average molecular weight is 444 g/mol. The second-order valence-corrected chi connectivity index (χ2v) is 9.64. The van der Waals surface area contributed by atoms with Crippen LogP contribution in [0.3, 0.4) is 0 Å². The third-order valence-corrected chi connectivity index (χ3v) is 7.46. The highest BCUT2D eigenvalue weighted by atomic mass is 32.2. The molecule has 0 radical (unpaired) electrons. The zero-order valence-electron chi connectivity index (χ0n) is 17.7. The molecule has 1 fully saturated rings. The van der Waals surface area contributed by atoms with E-state index < -0.39 is 10.0 Å². The van der Waals surface area contributed by atoms with Crippen molar-refractivity contribution in [3.05, 3.63) is 65.7 Å². The number of carbonyl (C=O) groups is 2. The Morgan fingerprint density at radius 3 is 2.39 bits per heavy atom. The lowest BCUT2D eigenvalue weighted by atomic mass is 10.1. The van der Waals surface area contributed by atoms with E-state index in [9.17, 15) is 18.0 Å². The zero-order valence-corrected chi connectivity index (χ0v) is 18.5. The van der Waals surface area contributed by atoms with Crippen LogP contribution in [0.25, 0.3) is 0 Å². The molecule has 1 saturated heterocycles. The van der Waals surface area contributed by atoms with Crippen LogP contribution >= 0.6 is 0 Å². The predicted molar refractivity (Wildman–Crippen MR) is 119 cm³/mol. The van der Waals surface area contributed by atoms with E-state index in [1.807, 2.05) is 37.3 Å². The number of nitrogens with one attached hydrogen (secondary N) is 2. The molecule has 1 aliphatic rings. The van der Waals surface area contributed by atoms with Gasteiger partial charge in [0.05, 0.1) is 4.90 Å². The standard InChI is InChI=1S/C23H29N3O4S/c1-18-7-5-6-16-26(18)31(29,30)21-12-10-20(11-13-21)23(28)24-15-14-22(27)25-17-19-8-3-2-4-9-19/h2-4,8-13,18H,5-7,14-17H2,1H3,(H,24,28)(H,25,27). The molecule has 0 saturated carbocycles. The molecule has 8 heteroatoms. The number of hydrogen-bond acceptors (Lipinski definition) is 4. The first kappa shape index (κ1) is 23.0. The molecule has 0 bridgehead atoms. The van der Waals surface area contributed by atoms with Gasteiger partial charge in [0.15, 0.2) is 0 Å². The van der Waals surface area contributed by atoms with Crippen molar-refractivity contribution in [2.45, 2.75) is 50.1 Å². The molecule has 3 rings (SSSR count). The Morgan fingerprint density at radius 1 is 1.00 bits per heavy atom. The normalized spacial score (nSPS) is 17.1. The Bertz CT molecular complexity index is 991. The smallest absolute Gasteiger partial charge is 0.251 e. The Balaban J connectivity index is 1.48. The summed E-state index contributed by atoms with van der Waals surface area (Å²) in [5.74, 6) is -0.493. The number of benzene rings is 2. The van der Waals surface area contributed by atoms with Crippen LogP contribution in [0.5, 0.6) is 0 Å². The largest absolute Gasteiger partial charge is 0.352 e. The molecule has 31 heavy (non-hydrogen) atoms. The SMILES string of the molecule is CC1CCCCN1S(=O)(=O)c1ccc(C(=O)NCCC(=O)NCc2ccccc2)cc1. The van der Waals surface area contributed by atoms with E-state index in [0.717, 1.165) is 24.8 Å². The van der Waals surface area contributed by atoms with Crippen LogP contribution in [0.4, 0.5) is 0 Å². The Hall–Kier alpha value is -2.71. The number of amides is 2. The lowest BCUT2D eigenvalue weighted by Crippen LogP contribution is -2.41. The van der Waals surface area contributed by atoms with Gasteiger partial charge in [0.1, 0.15) is 0 Å². The van der Waals surface area contributed by atoms with E-state index in [4.69, 9.17) is 0 Å². The van der Waals surface area contributed by atoms with Gasteiger partial charge in [-0.2, -0.15) is 4.31 Å². The first-order valence-corrected chi connectivity index (χ1v) is 12.0. The molecule has 2 amide bonds. The van der Waals surface area contributed by atoms with Crippen LogP contribution in [0, 0.1) is 0 Å². The first-order chi connectivity index (χ1) is 14.9. The van der Waals surface area contributed by atoms with Crippen molar-refractivity contribution in [3.63, 3.8) is 0 Å². The minimum atomic E-state index is -3.56. The van der Waals surface area contributed by atoms with Gasteiger partial charge in [0, 0.05) is 37.7 Å². The number of sulfonamides is 1. The number of rotatable bonds is 8. The second-order valence-electron chi connectivity index (χ2n) is 7.75. The van der Waals surface area contributed by atoms with E-state index in [0.29, 0.717) is 18.7 Å². The first-order valence-electron chi connectivity index (χ1n) is 10.6. The summed E-state index contributed by atoms with van der Waals surface area (Å²) in [4.78, 5) is 24.4. The van der Waals surface area contributed by atoms with Gasteiger partial charge in [0.25, 0.3) is 5.91 Å². The highest BCUT2D eigenvalue weighted by Crippen LogP contribution is 2.25. The van der Waals surface area contributed by atoms with Gasteiger partial charge in [-0.3, -0.25) is 9.59 Å². The van der Waals surface area contributed by atoms with Crippen molar-refractivity contribution in [1.82, 2.24) is 14.9 Å². The van der Waals surface area contributed by atoms with Gasteiger partial charge in [0.2, 0.25) is 15.9 Å². The summed E-state index contributed by atoms with van der Waals surface area (Å²) in [5.41, 5.74) is 1.37. The molecule has 2 aromatic rings. The molecule has 0 spiro atoms. The Morgan fingerprint density at radius 2 is 1.71 bits per heavy atom. The summed E-state index contributed by atoms with van der Waals surface area (Å²) in [6, 6.07) is 15.5. The number of nitrogens with zero attached hydrogens (tertiary/aromatic N) is 1. The maximum Gasteiger partial charge on any atom is 0.251 e. The lowest BCUT2D eigenvalue weighted by Gasteiger charge is -2.32. The maximum atomic E-state index is 12.9. The monoisotopic (exact) mass is 443 g/mol. The van der Waals surface area contributed by atoms with Crippen molar-refractivity contribution in [1.29, 1.82) is 0 Å². The highest BCUT2D eigenvalue weighted by molar-refractivity contribution is 7.89. The molecule has 166 valence electrons. The zero-order chi connectivity index (χ0) is 22.3. The summed E-state index contributed by atoms with van der Waals surface area (Å²) in [7, 11) is -3.56. The van der Waals surface area contributed by atoms with E-state index in [1.54, 1.807) is 4.31 Å². The number of hydrogen-bond donors (Lipinski definition) is 2. The third kappa shape index (κ3) is 6.15. The molecule has 0 aliphatic carbocycles. The fourth-order valence-electron chi connectivity index (χ4n) is 3.62. The summed E-state index contributed by atoms with van der Waals surface area (Å²) in [5, 5.41) is 5.51. The average Bonchev–Trinajstić information content (AvgIpc) is 2.78. The van der Waals surface area contributed by atoms with E-state index in [-0.39, 0.29) is 35.7 Å². The van der Waals surface area contributed by atoms with E-state index in [2.05, 4.69) is 10.6 Å². The van der Waals surface area contributed by atoms with Crippen LogP contribution in [-0.2, 0) is 21.4 Å². The van der Waals surface area contributed by atoms with E-state index in [1.165, 1.54) is 24.3 Å². The summed E-state index contributed by atoms with van der Waals surface area (Å²) >= 11 is 0. The Kier molecular flexibility index (Phi) is 7.81. The van der Waals surface area contributed by atoms with Crippen LogP contribution < -0.4 is 10.6 Å². The number of piperidine rings is 1. The highest BCUT2D eigenvalue weighted by Gasteiger charge is 2.30. The lowest BCUT2D eigenvalue weighted by molar-refractivity contribution is -0.121. The topological polar surface area (TPSA) is 95.6 Å². The third-order valence-electron chi connectivity index (χ3n) is 5.44. The fourth-order valence-corrected chi connectivity index (χ4v) is 5.32. The van der Waals surface area contributed by atoms with Gasteiger partial charge < -0.3 is 10.6 Å². The fraction of sp³-hybridized carbons (Fsp3) is 0.391. The maximum absolute atomic E-state index is 12.9. The molecule has 1 atom stereocenters. The predicted octanol–water partition coefficient (Wildman–Crippen LogP) is 2.69. The molecule has 1 aliphatic heterocycles. The van der Waals surface area contributed by atoms with Crippen LogP contribution in [0.2, 0.25) is 0 Å². The molecule has 7 nitrogen and oxygen atoms in total. The molecule has 2 aromatic carbocycles. The molecular weight excluding hydrogens is 414 g/mol. The summed E-state index contributed by atoms with van der Waals surface area (Å²) in [6.07, 6.45) is 2.93. The van der Waals surface area contributed by atoms with Crippen LogP contribution in [0.15, 0.2) is 59.5 Å².